The second-order valence-corrected chi connectivity index (χ2v) is 5.41. The van der Waals surface area contributed by atoms with Crippen LogP contribution in [0.2, 0.25) is 0 Å². The molecule has 0 aliphatic carbocycles. The summed E-state index contributed by atoms with van der Waals surface area (Å²) in [5, 5.41) is 0. The Morgan fingerprint density at radius 2 is 1.90 bits per heavy atom. The van der Waals surface area contributed by atoms with E-state index in [-0.39, 0.29) is 12.1 Å². The molecule has 2 nitrogen and oxygen atoms in total. The lowest BCUT2D eigenvalue weighted by Gasteiger charge is -2.13. The zero-order chi connectivity index (χ0) is 15.1. The topological polar surface area (TPSA) is 26.3 Å². The van der Waals surface area contributed by atoms with Crippen molar-refractivity contribution in [2.75, 3.05) is 0 Å². The van der Waals surface area contributed by atoms with Gasteiger partial charge < -0.3 is 4.74 Å². The molecule has 0 aromatic heterocycles. The van der Waals surface area contributed by atoms with Gasteiger partial charge in [0.05, 0.1) is 6.10 Å². The number of ether oxygens (including phenoxy) is 1. The molecule has 0 aromatic rings. The van der Waals surface area contributed by atoms with Gasteiger partial charge in [-0.15, -0.1) is 0 Å². The van der Waals surface area contributed by atoms with Crippen LogP contribution in [0.3, 0.4) is 0 Å². The van der Waals surface area contributed by atoms with Gasteiger partial charge in [0.1, 0.15) is 0 Å². The summed E-state index contributed by atoms with van der Waals surface area (Å²) in [6, 6.07) is 0. The van der Waals surface area contributed by atoms with E-state index in [1.807, 2.05) is 19.1 Å². The highest BCUT2D eigenvalue weighted by molar-refractivity contribution is 5.69. The van der Waals surface area contributed by atoms with Crippen molar-refractivity contribution in [3.05, 3.63) is 24.8 Å². The molecule has 0 aromatic carbocycles. The number of rotatable bonds is 13. The van der Waals surface area contributed by atoms with Gasteiger partial charge in [0.15, 0.2) is 0 Å². The second-order valence-electron chi connectivity index (χ2n) is 5.41. The first-order valence-electron chi connectivity index (χ1n) is 8.17. The Balaban J connectivity index is 3.39. The lowest BCUT2D eigenvalue weighted by Crippen LogP contribution is -2.14. The van der Waals surface area contributed by atoms with Crippen LogP contribution in [0.5, 0.6) is 0 Å². The molecule has 0 fully saturated rings. The molecule has 0 N–H and O–H groups in total. The Morgan fingerprint density at radius 3 is 2.60 bits per heavy atom. The molecule has 0 aliphatic heterocycles. The van der Waals surface area contributed by atoms with Crippen LogP contribution < -0.4 is 0 Å². The molecule has 116 valence electrons. The monoisotopic (exact) mass is 280 g/mol. The highest BCUT2D eigenvalue weighted by atomic mass is 16.5. The smallest absolute Gasteiger partial charge is 0.306 e. The summed E-state index contributed by atoms with van der Waals surface area (Å²) in [4.78, 5) is 11.5. The largest absolute Gasteiger partial charge is 0.463 e. The third-order valence-electron chi connectivity index (χ3n) is 3.32. The van der Waals surface area contributed by atoms with Crippen LogP contribution in [0.25, 0.3) is 0 Å². The quantitative estimate of drug-likeness (QED) is 0.250. The van der Waals surface area contributed by atoms with Crippen molar-refractivity contribution in [2.45, 2.75) is 84.2 Å². The second kappa shape index (κ2) is 14.4. The Kier molecular flexibility index (Phi) is 13.6. The van der Waals surface area contributed by atoms with E-state index in [1.165, 1.54) is 19.3 Å². The summed E-state index contributed by atoms with van der Waals surface area (Å²) >= 11 is 0. The predicted octanol–water partition coefficient (Wildman–Crippen LogP) is 5.58. The van der Waals surface area contributed by atoms with Gasteiger partial charge in [0.25, 0.3) is 0 Å². The molecule has 2 heteroatoms. The van der Waals surface area contributed by atoms with E-state index in [0.29, 0.717) is 6.42 Å². The number of esters is 1. The first kappa shape index (κ1) is 18.9. The molecule has 0 bridgehead atoms. The van der Waals surface area contributed by atoms with Crippen molar-refractivity contribution in [2.24, 2.45) is 0 Å². The maximum absolute atomic E-state index is 11.5. The number of unbranched alkanes of at least 4 members (excludes halogenated alkanes) is 6. The molecule has 0 rings (SSSR count). The van der Waals surface area contributed by atoms with Crippen LogP contribution in [0, 0.1) is 0 Å². The van der Waals surface area contributed by atoms with E-state index in [4.69, 9.17) is 4.74 Å². The molecule has 20 heavy (non-hydrogen) atoms. The minimum atomic E-state index is -0.0273. The number of carbonyl (C=O) groups is 1. The minimum absolute atomic E-state index is 0.0273. The van der Waals surface area contributed by atoms with Gasteiger partial charge in [0.2, 0.25) is 0 Å². The minimum Gasteiger partial charge on any atom is -0.463 e. The fourth-order valence-electron chi connectivity index (χ4n) is 2.10. The fourth-order valence-corrected chi connectivity index (χ4v) is 2.10. The Labute approximate surface area is 125 Å². The molecule has 1 atom stereocenters. The van der Waals surface area contributed by atoms with E-state index in [2.05, 4.69) is 19.6 Å². The van der Waals surface area contributed by atoms with E-state index in [9.17, 15) is 4.79 Å². The highest BCUT2D eigenvalue weighted by Crippen LogP contribution is 2.11. The van der Waals surface area contributed by atoms with Crippen molar-refractivity contribution < 1.29 is 9.53 Å². The van der Waals surface area contributed by atoms with Crippen LogP contribution in [-0.2, 0) is 9.53 Å². The standard InChI is InChI=1S/C18H32O2/c1-4-6-8-9-10-11-12-14-15-17(3)20-18(19)16-13-7-5-2/h4,6,8,17H,1,5,7,9-16H2,2-3H3. The van der Waals surface area contributed by atoms with Crippen molar-refractivity contribution in [3.63, 3.8) is 0 Å². The van der Waals surface area contributed by atoms with Crippen molar-refractivity contribution >= 4 is 5.97 Å². The summed E-state index contributed by atoms with van der Waals surface area (Å²) in [7, 11) is 0. The van der Waals surface area contributed by atoms with Crippen LogP contribution in [0.1, 0.15) is 78.1 Å². The van der Waals surface area contributed by atoms with Gasteiger partial charge in [-0.05, 0) is 39.0 Å². The number of hydrogen-bond acceptors (Lipinski definition) is 2. The Hall–Kier alpha value is -1.05. The normalized spacial score (nSPS) is 12.5. The molecular formula is C18H32O2. The van der Waals surface area contributed by atoms with Gasteiger partial charge in [0, 0.05) is 6.42 Å². The molecule has 0 spiro atoms. The SMILES string of the molecule is C=CC=CCCCCCCC(C)OC(=O)CCCCC. The number of hydrogen-bond donors (Lipinski definition) is 0. The Bertz CT molecular complexity index is 269. The summed E-state index contributed by atoms with van der Waals surface area (Å²) in [6.45, 7) is 7.79. The summed E-state index contributed by atoms with van der Waals surface area (Å²) in [6.07, 6.45) is 16.8. The molecule has 0 saturated heterocycles. The van der Waals surface area contributed by atoms with Crippen LogP contribution in [0.4, 0.5) is 0 Å². The van der Waals surface area contributed by atoms with Gasteiger partial charge in [-0.3, -0.25) is 4.79 Å². The maximum Gasteiger partial charge on any atom is 0.306 e. The molecule has 0 saturated carbocycles. The van der Waals surface area contributed by atoms with Gasteiger partial charge >= 0.3 is 5.97 Å². The van der Waals surface area contributed by atoms with Crippen LogP contribution in [0.15, 0.2) is 24.8 Å². The van der Waals surface area contributed by atoms with Gasteiger partial charge in [-0.1, -0.05) is 57.4 Å². The third kappa shape index (κ3) is 13.4. The van der Waals surface area contributed by atoms with Gasteiger partial charge in [-0.25, -0.2) is 0 Å². The molecule has 0 aliphatic rings. The van der Waals surface area contributed by atoms with Crippen molar-refractivity contribution in [1.29, 1.82) is 0 Å². The average molecular weight is 280 g/mol. The van der Waals surface area contributed by atoms with Crippen LogP contribution in [-0.4, -0.2) is 12.1 Å². The van der Waals surface area contributed by atoms with E-state index in [0.717, 1.165) is 38.5 Å². The predicted molar refractivity (Wildman–Crippen MR) is 86.7 cm³/mol. The summed E-state index contributed by atoms with van der Waals surface area (Å²) in [5.41, 5.74) is 0. The first-order chi connectivity index (χ1) is 9.70. The number of allylic oxidation sites excluding steroid dienone is 3. The Morgan fingerprint density at radius 1 is 1.15 bits per heavy atom. The highest BCUT2D eigenvalue weighted by Gasteiger charge is 2.08. The maximum atomic E-state index is 11.5. The van der Waals surface area contributed by atoms with Crippen molar-refractivity contribution in [1.82, 2.24) is 0 Å². The molecule has 0 radical (unpaired) electrons. The average Bonchev–Trinajstić information content (AvgIpc) is 2.42. The lowest BCUT2D eigenvalue weighted by molar-refractivity contribution is -0.148. The zero-order valence-corrected chi connectivity index (χ0v) is 13.4. The first-order valence-corrected chi connectivity index (χ1v) is 8.17. The zero-order valence-electron chi connectivity index (χ0n) is 13.4. The molecule has 1 unspecified atom stereocenters. The van der Waals surface area contributed by atoms with Crippen LogP contribution >= 0.6 is 0 Å². The summed E-state index contributed by atoms with van der Waals surface area (Å²) < 4.78 is 5.40. The van der Waals surface area contributed by atoms with E-state index in [1.54, 1.807) is 0 Å². The molecule has 0 amide bonds. The van der Waals surface area contributed by atoms with E-state index >= 15 is 0 Å². The summed E-state index contributed by atoms with van der Waals surface area (Å²) in [5.74, 6) is -0.0273. The number of carbonyl (C=O) groups excluding carboxylic acids is 1. The molecule has 0 heterocycles. The third-order valence-corrected chi connectivity index (χ3v) is 3.32. The lowest BCUT2D eigenvalue weighted by atomic mass is 10.1. The van der Waals surface area contributed by atoms with Crippen molar-refractivity contribution in [3.8, 4) is 0 Å². The molecular weight excluding hydrogens is 248 g/mol. The van der Waals surface area contributed by atoms with Gasteiger partial charge in [-0.2, -0.15) is 0 Å². The van der Waals surface area contributed by atoms with E-state index < -0.39 is 0 Å². The fraction of sp³-hybridized carbons (Fsp3) is 0.722.